The van der Waals surface area contributed by atoms with E-state index in [0.29, 0.717) is 32.6 Å². The summed E-state index contributed by atoms with van der Waals surface area (Å²) in [7, 11) is 1.58. The zero-order valence-electron chi connectivity index (χ0n) is 11.0. The van der Waals surface area contributed by atoms with Crippen LogP contribution in [0.15, 0.2) is 12.3 Å². The minimum atomic E-state index is -4.48. The molecule has 1 aliphatic heterocycles. The van der Waals surface area contributed by atoms with Crippen molar-refractivity contribution in [2.75, 3.05) is 32.2 Å². The van der Waals surface area contributed by atoms with Gasteiger partial charge in [0.05, 0.1) is 5.60 Å². The van der Waals surface area contributed by atoms with E-state index >= 15 is 0 Å². The van der Waals surface area contributed by atoms with Crippen LogP contribution in [-0.4, -0.2) is 42.4 Å². The quantitative estimate of drug-likeness (QED) is 0.920. The number of anilines is 1. The second-order valence-electron chi connectivity index (χ2n) is 4.62. The molecule has 1 aromatic heterocycles. The molecule has 1 N–H and O–H groups in total. The van der Waals surface area contributed by atoms with E-state index < -0.39 is 17.5 Å². The van der Waals surface area contributed by atoms with Crippen molar-refractivity contribution in [1.29, 1.82) is 0 Å². The Balaban J connectivity index is 2.03. The molecule has 20 heavy (non-hydrogen) atoms. The molecular weight excluding hydrogens is 275 g/mol. The molecule has 0 aliphatic carbocycles. The van der Waals surface area contributed by atoms with Crippen molar-refractivity contribution in [3.63, 3.8) is 0 Å². The third kappa shape index (κ3) is 3.57. The van der Waals surface area contributed by atoms with E-state index in [-0.39, 0.29) is 5.95 Å². The van der Waals surface area contributed by atoms with Crippen molar-refractivity contribution in [1.82, 2.24) is 9.97 Å². The molecule has 2 rings (SSSR count). The smallest absolute Gasteiger partial charge is 0.381 e. The molecule has 0 aromatic carbocycles. The number of ether oxygens (including phenoxy) is 2. The molecule has 1 saturated heterocycles. The van der Waals surface area contributed by atoms with E-state index in [4.69, 9.17) is 9.47 Å². The summed E-state index contributed by atoms with van der Waals surface area (Å²) in [6.45, 7) is 1.48. The minimum absolute atomic E-state index is 0.0530. The van der Waals surface area contributed by atoms with Crippen molar-refractivity contribution < 1.29 is 22.6 Å². The van der Waals surface area contributed by atoms with Gasteiger partial charge in [-0.25, -0.2) is 9.97 Å². The second-order valence-corrected chi connectivity index (χ2v) is 4.62. The maximum Gasteiger partial charge on any atom is 0.433 e. The maximum atomic E-state index is 12.5. The summed E-state index contributed by atoms with van der Waals surface area (Å²) < 4.78 is 48.4. The monoisotopic (exact) mass is 291 g/mol. The number of hydrogen-bond donors (Lipinski definition) is 1. The van der Waals surface area contributed by atoms with E-state index in [9.17, 15) is 13.2 Å². The van der Waals surface area contributed by atoms with Crippen LogP contribution in [0.2, 0.25) is 0 Å². The average molecular weight is 291 g/mol. The van der Waals surface area contributed by atoms with E-state index in [1.807, 2.05) is 0 Å². The number of rotatable bonds is 4. The molecule has 5 nitrogen and oxygen atoms in total. The lowest BCUT2D eigenvalue weighted by Crippen LogP contribution is -2.44. The Morgan fingerprint density at radius 1 is 1.40 bits per heavy atom. The van der Waals surface area contributed by atoms with Crippen LogP contribution in [0, 0.1) is 0 Å². The Bertz CT molecular complexity index is 448. The largest absolute Gasteiger partial charge is 0.433 e. The molecule has 0 spiro atoms. The summed E-state index contributed by atoms with van der Waals surface area (Å²) in [5.41, 5.74) is -1.41. The summed E-state index contributed by atoms with van der Waals surface area (Å²) in [5.74, 6) is -0.0530. The van der Waals surface area contributed by atoms with Crippen LogP contribution in [0.3, 0.4) is 0 Å². The normalized spacial score (nSPS) is 18.8. The molecule has 1 aliphatic rings. The van der Waals surface area contributed by atoms with Gasteiger partial charge in [-0.05, 0) is 6.07 Å². The van der Waals surface area contributed by atoms with Gasteiger partial charge in [0.2, 0.25) is 5.95 Å². The molecule has 0 unspecified atom stereocenters. The van der Waals surface area contributed by atoms with E-state index in [1.54, 1.807) is 7.11 Å². The molecule has 8 heteroatoms. The fourth-order valence-electron chi connectivity index (χ4n) is 2.04. The molecule has 0 atom stereocenters. The van der Waals surface area contributed by atoms with Gasteiger partial charge in [-0.2, -0.15) is 13.2 Å². The first-order chi connectivity index (χ1) is 9.45. The summed E-state index contributed by atoms with van der Waals surface area (Å²) in [4.78, 5) is 7.25. The highest BCUT2D eigenvalue weighted by Gasteiger charge is 2.34. The predicted molar refractivity (Wildman–Crippen MR) is 65.3 cm³/mol. The molecular formula is C12H16F3N3O2. The third-order valence-corrected chi connectivity index (χ3v) is 3.35. The van der Waals surface area contributed by atoms with Crippen LogP contribution in [0.4, 0.5) is 19.1 Å². The lowest BCUT2D eigenvalue weighted by molar-refractivity contribution is -0.141. The Morgan fingerprint density at radius 3 is 2.70 bits per heavy atom. The zero-order chi connectivity index (χ0) is 14.6. The van der Waals surface area contributed by atoms with Crippen LogP contribution >= 0.6 is 0 Å². The van der Waals surface area contributed by atoms with Gasteiger partial charge in [-0.1, -0.05) is 0 Å². The topological polar surface area (TPSA) is 56.3 Å². The number of alkyl halides is 3. The summed E-state index contributed by atoms with van der Waals surface area (Å²) >= 11 is 0. The third-order valence-electron chi connectivity index (χ3n) is 3.35. The number of nitrogens with zero attached hydrogens (tertiary/aromatic N) is 2. The molecule has 0 bridgehead atoms. The predicted octanol–water partition coefficient (Wildman–Crippen LogP) is 2.10. The van der Waals surface area contributed by atoms with Gasteiger partial charge >= 0.3 is 6.18 Å². The van der Waals surface area contributed by atoms with Crippen molar-refractivity contribution in [3.05, 3.63) is 18.0 Å². The average Bonchev–Trinajstić information content (AvgIpc) is 2.46. The second kappa shape index (κ2) is 5.92. The van der Waals surface area contributed by atoms with Gasteiger partial charge in [0, 0.05) is 45.9 Å². The van der Waals surface area contributed by atoms with Gasteiger partial charge in [0.15, 0.2) is 0 Å². The highest BCUT2D eigenvalue weighted by atomic mass is 19.4. The molecule has 0 saturated carbocycles. The lowest BCUT2D eigenvalue weighted by Gasteiger charge is -2.35. The zero-order valence-corrected chi connectivity index (χ0v) is 11.0. The number of nitrogens with one attached hydrogen (secondary N) is 1. The standard InChI is InChI=1S/C12H16F3N3O2/c1-19-11(3-6-20-7-4-11)8-17-10-16-5-2-9(18-10)12(13,14)15/h2,5H,3-4,6-8H2,1H3,(H,16,17,18). The van der Waals surface area contributed by atoms with E-state index in [0.717, 1.165) is 12.3 Å². The summed E-state index contributed by atoms with van der Waals surface area (Å²) in [6.07, 6.45) is -2.04. The van der Waals surface area contributed by atoms with Crippen molar-refractivity contribution in [2.24, 2.45) is 0 Å². The SMILES string of the molecule is COC1(CNc2nccc(C(F)(F)F)n2)CCOCC1. The Labute approximate surface area is 114 Å². The molecule has 2 heterocycles. The van der Waals surface area contributed by atoms with Gasteiger partial charge in [0.1, 0.15) is 5.69 Å². The van der Waals surface area contributed by atoms with Crippen LogP contribution in [0.1, 0.15) is 18.5 Å². The van der Waals surface area contributed by atoms with Gasteiger partial charge in [-0.15, -0.1) is 0 Å². The molecule has 0 amide bonds. The maximum absolute atomic E-state index is 12.5. The van der Waals surface area contributed by atoms with Crippen molar-refractivity contribution >= 4 is 5.95 Å². The summed E-state index contributed by atoms with van der Waals surface area (Å²) in [5, 5.41) is 2.82. The van der Waals surface area contributed by atoms with Crippen LogP contribution < -0.4 is 5.32 Å². The highest BCUT2D eigenvalue weighted by molar-refractivity contribution is 5.27. The first-order valence-corrected chi connectivity index (χ1v) is 6.22. The number of methoxy groups -OCH3 is 1. The van der Waals surface area contributed by atoms with Crippen molar-refractivity contribution in [3.8, 4) is 0 Å². The van der Waals surface area contributed by atoms with Crippen molar-refractivity contribution in [2.45, 2.75) is 24.6 Å². The molecule has 112 valence electrons. The first-order valence-electron chi connectivity index (χ1n) is 6.22. The Hall–Kier alpha value is -1.41. The van der Waals surface area contributed by atoms with Gasteiger partial charge in [0.25, 0.3) is 0 Å². The van der Waals surface area contributed by atoms with Crippen LogP contribution in [0.25, 0.3) is 0 Å². The lowest BCUT2D eigenvalue weighted by atomic mass is 9.94. The van der Waals surface area contributed by atoms with Gasteiger partial charge in [-0.3, -0.25) is 0 Å². The Morgan fingerprint density at radius 2 is 2.10 bits per heavy atom. The molecule has 1 aromatic rings. The number of aromatic nitrogens is 2. The molecule has 0 radical (unpaired) electrons. The number of halogens is 3. The minimum Gasteiger partial charge on any atom is -0.381 e. The molecule has 1 fully saturated rings. The first kappa shape index (κ1) is 15.0. The fourth-order valence-corrected chi connectivity index (χ4v) is 2.04. The highest BCUT2D eigenvalue weighted by Crippen LogP contribution is 2.28. The number of hydrogen-bond acceptors (Lipinski definition) is 5. The summed E-state index contributed by atoms with van der Waals surface area (Å²) in [6, 6.07) is 0.839. The van der Waals surface area contributed by atoms with Gasteiger partial charge < -0.3 is 14.8 Å². The van der Waals surface area contributed by atoms with E-state index in [1.165, 1.54) is 0 Å². The van der Waals surface area contributed by atoms with Crippen LogP contribution in [-0.2, 0) is 15.7 Å². The van der Waals surface area contributed by atoms with E-state index in [2.05, 4.69) is 15.3 Å². The Kier molecular flexibility index (Phi) is 4.44. The fraction of sp³-hybridized carbons (Fsp3) is 0.667. The van der Waals surface area contributed by atoms with Crippen LogP contribution in [0.5, 0.6) is 0 Å².